The number of rotatable bonds is 5. The molecule has 2 aromatic carbocycles. The van der Waals surface area contributed by atoms with Gasteiger partial charge in [-0.15, -0.1) is 11.8 Å². The fourth-order valence-electron chi connectivity index (χ4n) is 4.31. The minimum Gasteiger partial charge on any atom is -0.348 e. The van der Waals surface area contributed by atoms with E-state index in [2.05, 4.69) is 41.3 Å². The second kappa shape index (κ2) is 8.07. The number of carbonyl (C=O) groups is 1. The minimum absolute atomic E-state index is 0.0500. The van der Waals surface area contributed by atoms with Crippen LogP contribution in [0.3, 0.4) is 0 Å². The molecule has 1 fully saturated rings. The Morgan fingerprint density at radius 3 is 2.38 bits per heavy atom. The lowest BCUT2D eigenvalue weighted by Crippen LogP contribution is -2.45. The third-order valence-electron chi connectivity index (χ3n) is 5.83. The number of anilines is 1. The number of hydrogen-bond acceptors (Lipinski definition) is 4. The van der Waals surface area contributed by atoms with Gasteiger partial charge < -0.3 is 4.90 Å². The van der Waals surface area contributed by atoms with Crippen molar-refractivity contribution in [2.75, 3.05) is 18.1 Å². The van der Waals surface area contributed by atoms with Crippen molar-refractivity contribution in [2.45, 2.75) is 37.4 Å². The molecule has 5 rings (SSSR count). The molecule has 0 unspecified atom stereocenters. The highest BCUT2D eigenvalue weighted by molar-refractivity contribution is 8.03. The summed E-state index contributed by atoms with van der Waals surface area (Å²) >= 11 is 1.95. The lowest BCUT2D eigenvalue weighted by atomic mass is 10.1. The zero-order valence-corrected chi connectivity index (χ0v) is 17.3. The number of amides is 1. The van der Waals surface area contributed by atoms with Crippen molar-refractivity contribution in [3.8, 4) is 0 Å². The maximum Gasteiger partial charge on any atom is 0.275 e. The second-order valence-corrected chi connectivity index (χ2v) is 9.30. The number of para-hydroxylation sites is 1. The molecule has 3 aliphatic rings. The molecule has 2 aliphatic heterocycles. The smallest absolute Gasteiger partial charge is 0.275 e. The molecule has 1 aliphatic carbocycles. The Morgan fingerprint density at radius 2 is 1.66 bits per heavy atom. The molecule has 0 atom stereocenters. The summed E-state index contributed by atoms with van der Waals surface area (Å²) in [4.78, 5) is 23.5. The summed E-state index contributed by atoms with van der Waals surface area (Å²) in [6.07, 6.45) is 5.75. The Balaban J connectivity index is 1.46. The summed E-state index contributed by atoms with van der Waals surface area (Å²) in [5, 5.41) is 0.651. The van der Waals surface area contributed by atoms with Gasteiger partial charge in [0.15, 0.2) is 0 Å². The summed E-state index contributed by atoms with van der Waals surface area (Å²) in [7, 11) is 0. The van der Waals surface area contributed by atoms with E-state index in [9.17, 15) is 4.79 Å². The number of carbonyl (C=O) groups excluding carboxylic acids is 1. The fourth-order valence-corrected chi connectivity index (χ4v) is 5.77. The summed E-state index contributed by atoms with van der Waals surface area (Å²) in [6, 6.07) is 20.5. The van der Waals surface area contributed by atoms with Crippen molar-refractivity contribution < 1.29 is 4.79 Å². The van der Waals surface area contributed by atoms with Gasteiger partial charge in [0.2, 0.25) is 0 Å². The lowest BCUT2D eigenvalue weighted by Gasteiger charge is -2.36. The lowest BCUT2D eigenvalue weighted by molar-refractivity contribution is -0.121. The van der Waals surface area contributed by atoms with Crippen LogP contribution in [0.15, 0.2) is 76.4 Å². The molecule has 148 valence electrons. The highest BCUT2D eigenvalue weighted by Gasteiger charge is 2.38. The van der Waals surface area contributed by atoms with Gasteiger partial charge in [-0.05, 0) is 30.5 Å². The van der Waals surface area contributed by atoms with Gasteiger partial charge in [-0.1, -0.05) is 61.4 Å². The van der Waals surface area contributed by atoms with E-state index < -0.39 is 0 Å². The first-order chi connectivity index (χ1) is 14.3. The zero-order chi connectivity index (χ0) is 19.6. The summed E-state index contributed by atoms with van der Waals surface area (Å²) < 4.78 is 0. The standard InChI is InChI=1S/C24H25N3OS/c28-24-21(15-18-9-3-1-4-10-18)25-23-22(29-20-13-7-8-14-20)16-26(17-27(23)24)19-11-5-2-6-12-19/h1-6,9-12,20H,7-8,13-17H2. The van der Waals surface area contributed by atoms with Crippen LogP contribution in [0, 0.1) is 0 Å². The van der Waals surface area contributed by atoms with Crippen LogP contribution in [-0.4, -0.2) is 35.0 Å². The van der Waals surface area contributed by atoms with Crippen molar-refractivity contribution >= 4 is 29.1 Å². The average Bonchev–Trinajstić information content (AvgIpc) is 3.38. The van der Waals surface area contributed by atoms with E-state index in [1.54, 1.807) is 0 Å². The van der Waals surface area contributed by atoms with Gasteiger partial charge in [-0.2, -0.15) is 0 Å². The molecule has 0 bridgehead atoms. The highest BCUT2D eigenvalue weighted by atomic mass is 32.2. The molecule has 29 heavy (non-hydrogen) atoms. The second-order valence-electron chi connectivity index (χ2n) is 7.90. The van der Waals surface area contributed by atoms with E-state index in [4.69, 9.17) is 4.99 Å². The first kappa shape index (κ1) is 18.5. The Hall–Kier alpha value is -2.53. The number of fused-ring (bicyclic) bond motifs is 1. The molecular formula is C24H25N3OS. The van der Waals surface area contributed by atoms with Gasteiger partial charge in [-0.3, -0.25) is 9.69 Å². The van der Waals surface area contributed by atoms with Crippen LogP contribution in [0.4, 0.5) is 5.69 Å². The first-order valence-corrected chi connectivity index (χ1v) is 11.3. The molecule has 0 radical (unpaired) electrons. The van der Waals surface area contributed by atoms with Crippen LogP contribution >= 0.6 is 11.8 Å². The first-order valence-electron chi connectivity index (χ1n) is 10.4. The summed E-state index contributed by atoms with van der Waals surface area (Å²) in [6.45, 7) is 1.39. The number of nitrogens with zero attached hydrogens (tertiary/aromatic N) is 3. The van der Waals surface area contributed by atoms with Crippen molar-refractivity contribution in [3.05, 3.63) is 77.0 Å². The maximum absolute atomic E-state index is 13.2. The maximum atomic E-state index is 13.2. The highest BCUT2D eigenvalue weighted by Crippen LogP contribution is 2.40. The van der Waals surface area contributed by atoms with E-state index in [-0.39, 0.29) is 5.91 Å². The van der Waals surface area contributed by atoms with Gasteiger partial charge in [0.05, 0.1) is 6.54 Å². The molecule has 1 saturated carbocycles. The van der Waals surface area contributed by atoms with Gasteiger partial charge in [-0.25, -0.2) is 4.99 Å². The average molecular weight is 404 g/mol. The van der Waals surface area contributed by atoms with Crippen molar-refractivity contribution in [1.82, 2.24) is 4.90 Å². The quantitative estimate of drug-likeness (QED) is 0.717. The van der Waals surface area contributed by atoms with Gasteiger partial charge in [0.1, 0.15) is 18.2 Å². The fraction of sp³-hybridized carbons (Fsp3) is 0.333. The molecule has 2 aromatic rings. The number of hydrogen-bond donors (Lipinski definition) is 0. The van der Waals surface area contributed by atoms with Crippen LogP contribution in [-0.2, 0) is 11.2 Å². The molecular weight excluding hydrogens is 378 g/mol. The van der Waals surface area contributed by atoms with Crippen LogP contribution in [0.5, 0.6) is 0 Å². The number of aliphatic imine (C=N–C) groups is 1. The molecule has 0 aromatic heterocycles. The largest absolute Gasteiger partial charge is 0.348 e. The van der Waals surface area contributed by atoms with E-state index >= 15 is 0 Å². The van der Waals surface area contributed by atoms with Crippen molar-refractivity contribution in [1.29, 1.82) is 0 Å². The van der Waals surface area contributed by atoms with Crippen LogP contribution in [0.1, 0.15) is 31.2 Å². The number of benzene rings is 2. The van der Waals surface area contributed by atoms with E-state index in [0.29, 0.717) is 24.1 Å². The molecule has 2 heterocycles. The monoisotopic (exact) mass is 403 g/mol. The molecule has 0 saturated heterocycles. The normalized spacial score (nSPS) is 19.7. The summed E-state index contributed by atoms with van der Waals surface area (Å²) in [5.74, 6) is 0.944. The van der Waals surface area contributed by atoms with E-state index in [1.807, 2.05) is 40.9 Å². The van der Waals surface area contributed by atoms with Crippen LogP contribution in [0.2, 0.25) is 0 Å². The third kappa shape index (κ3) is 3.84. The third-order valence-corrected chi connectivity index (χ3v) is 7.23. The van der Waals surface area contributed by atoms with Gasteiger partial charge in [0, 0.05) is 22.3 Å². The van der Waals surface area contributed by atoms with E-state index in [1.165, 1.54) is 30.6 Å². The SMILES string of the molecule is O=C1C(Cc2ccccc2)=NC2=C(SC3CCCC3)CN(c3ccccc3)CN12. The zero-order valence-electron chi connectivity index (χ0n) is 16.5. The molecule has 5 heteroatoms. The minimum atomic E-state index is 0.0500. The number of thioether (sulfide) groups is 1. The molecule has 1 amide bonds. The summed E-state index contributed by atoms with van der Waals surface area (Å²) in [5.41, 5.74) is 2.94. The van der Waals surface area contributed by atoms with Crippen molar-refractivity contribution in [3.63, 3.8) is 0 Å². The predicted molar refractivity (Wildman–Crippen MR) is 120 cm³/mol. The van der Waals surface area contributed by atoms with Gasteiger partial charge >= 0.3 is 0 Å². The van der Waals surface area contributed by atoms with Gasteiger partial charge in [0.25, 0.3) is 5.91 Å². The Kier molecular flexibility index (Phi) is 5.15. The predicted octanol–water partition coefficient (Wildman–Crippen LogP) is 4.83. The topological polar surface area (TPSA) is 35.9 Å². The molecule has 4 nitrogen and oxygen atoms in total. The Labute approximate surface area is 176 Å². The Bertz CT molecular complexity index is 949. The van der Waals surface area contributed by atoms with E-state index in [0.717, 1.165) is 23.6 Å². The Morgan fingerprint density at radius 1 is 0.966 bits per heavy atom. The van der Waals surface area contributed by atoms with Crippen molar-refractivity contribution in [2.24, 2.45) is 4.99 Å². The van der Waals surface area contributed by atoms with Crippen LogP contribution in [0.25, 0.3) is 0 Å². The molecule has 0 N–H and O–H groups in total. The molecule has 0 spiro atoms. The van der Waals surface area contributed by atoms with Crippen LogP contribution < -0.4 is 4.90 Å².